The molecule has 0 spiro atoms. The summed E-state index contributed by atoms with van der Waals surface area (Å²) in [7, 11) is 0. The first-order chi connectivity index (χ1) is 11.7. The third kappa shape index (κ3) is 3.07. The minimum Gasteiger partial charge on any atom is -0.463 e. The van der Waals surface area contributed by atoms with Gasteiger partial charge in [-0.1, -0.05) is 18.2 Å². The standard InChI is InChI=1S/C18H17FN2O2S/c19-14-4-2-1-3-12(14)10-21-7-5-13(11-21)20-18(22)17-9-15-16(24-17)6-8-23-15/h1-4,6,8-9,13H,5,7,10-11H2,(H,20,22). The number of thiophene rings is 1. The van der Waals surface area contributed by atoms with Crippen LogP contribution in [0.25, 0.3) is 10.3 Å². The van der Waals surface area contributed by atoms with E-state index in [2.05, 4.69) is 10.2 Å². The van der Waals surface area contributed by atoms with Gasteiger partial charge in [-0.25, -0.2) is 4.39 Å². The normalized spacial score (nSPS) is 18.3. The summed E-state index contributed by atoms with van der Waals surface area (Å²) in [6, 6.07) is 10.6. The summed E-state index contributed by atoms with van der Waals surface area (Å²) in [6.45, 7) is 2.17. The second-order valence-corrected chi connectivity index (χ2v) is 7.13. The smallest absolute Gasteiger partial charge is 0.261 e. The van der Waals surface area contributed by atoms with Crippen molar-refractivity contribution in [1.29, 1.82) is 0 Å². The number of halogens is 1. The van der Waals surface area contributed by atoms with Gasteiger partial charge >= 0.3 is 0 Å². The summed E-state index contributed by atoms with van der Waals surface area (Å²) >= 11 is 1.43. The van der Waals surface area contributed by atoms with Gasteiger partial charge in [0, 0.05) is 37.3 Å². The van der Waals surface area contributed by atoms with Crippen LogP contribution in [0.15, 0.2) is 47.1 Å². The van der Waals surface area contributed by atoms with Gasteiger partial charge in [-0.15, -0.1) is 11.3 Å². The molecule has 2 aromatic heterocycles. The van der Waals surface area contributed by atoms with Crippen molar-refractivity contribution in [3.8, 4) is 0 Å². The van der Waals surface area contributed by atoms with E-state index in [0.29, 0.717) is 17.0 Å². The molecule has 6 heteroatoms. The Balaban J connectivity index is 1.36. The quantitative estimate of drug-likeness (QED) is 0.786. The highest BCUT2D eigenvalue weighted by Gasteiger charge is 2.25. The van der Waals surface area contributed by atoms with E-state index in [0.717, 1.165) is 29.8 Å². The Morgan fingerprint density at radius 1 is 1.38 bits per heavy atom. The van der Waals surface area contributed by atoms with Crippen LogP contribution in [0, 0.1) is 5.82 Å². The number of benzene rings is 1. The zero-order chi connectivity index (χ0) is 16.5. The molecule has 1 atom stereocenters. The van der Waals surface area contributed by atoms with Crippen molar-refractivity contribution in [2.24, 2.45) is 0 Å². The van der Waals surface area contributed by atoms with E-state index < -0.39 is 0 Å². The van der Waals surface area contributed by atoms with Gasteiger partial charge in [-0.3, -0.25) is 9.69 Å². The molecular formula is C18H17FN2O2S. The first kappa shape index (κ1) is 15.4. The lowest BCUT2D eigenvalue weighted by Crippen LogP contribution is -2.36. The van der Waals surface area contributed by atoms with Crippen molar-refractivity contribution in [2.45, 2.75) is 19.0 Å². The predicted molar refractivity (Wildman–Crippen MR) is 91.6 cm³/mol. The van der Waals surface area contributed by atoms with Crippen molar-refractivity contribution in [3.05, 3.63) is 58.9 Å². The lowest BCUT2D eigenvalue weighted by atomic mass is 10.2. The maximum Gasteiger partial charge on any atom is 0.261 e. The molecule has 0 bridgehead atoms. The van der Waals surface area contributed by atoms with E-state index in [1.165, 1.54) is 17.4 Å². The van der Waals surface area contributed by atoms with Crippen LogP contribution in [0.4, 0.5) is 4.39 Å². The number of likely N-dealkylation sites (tertiary alicyclic amines) is 1. The average molecular weight is 344 g/mol. The SMILES string of the molecule is O=C(NC1CCN(Cc2ccccc2F)C1)c1cc2occc2s1. The Kier molecular flexibility index (Phi) is 4.08. The molecule has 1 aliphatic heterocycles. The Bertz CT molecular complexity index is 844. The molecule has 1 fully saturated rings. The zero-order valence-electron chi connectivity index (χ0n) is 13.0. The lowest BCUT2D eigenvalue weighted by molar-refractivity contribution is 0.0941. The van der Waals surface area contributed by atoms with E-state index in [-0.39, 0.29) is 17.8 Å². The van der Waals surface area contributed by atoms with Crippen molar-refractivity contribution in [2.75, 3.05) is 13.1 Å². The number of hydrogen-bond acceptors (Lipinski definition) is 4. The third-order valence-corrected chi connectivity index (χ3v) is 5.40. The van der Waals surface area contributed by atoms with E-state index in [4.69, 9.17) is 4.42 Å². The monoisotopic (exact) mass is 344 g/mol. The fourth-order valence-corrected chi connectivity index (χ4v) is 3.98. The van der Waals surface area contributed by atoms with Gasteiger partial charge < -0.3 is 9.73 Å². The van der Waals surface area contributed by atoms with Crippen LogP contribution in [0.2, 0.25) is 0 Å². The molecule has 1 aromatic carbocycles. The molecule has 3 aromatic rings. The number of furan rings is 1. The van der Waals surface area contributed by atoms with Crippen molar-refractivity contribution in [1.82, 2.24) is 10.2 Å². The number of fused-ring (bicyclic) bond motifs is 1. The van der Waals surface area contributed by atoms with Gasteiger partial charge in [0.05, 0.1) is 15.8 Å². The first-order valence-electron chi connectivity index (χ1n) is 7.93. The molecule has 0 radical (unpaired) electrons. The average Bonchev–Trinajstić information content (AvgIpc) is 3.25. The highest BCUT2D eigenvalue weighted by Crippen LogP contribution is 2.26. The van der Waals surface area contributed by atoms with Crippen LogP contribution in [-0.2, 0) is 6.54 Å². The van der Waals surface area contributed by atoms with Crippen molar-refractivity contribution in [3.63, 3.8) is 0 Å². The number of carbonyl (C=O) groups is 1. The summed E-state index contributed by atoms with van der Waals surface area (Å²) in [6.07, 6.45) is 2.50. The highest BCUT2D eigenvalue weighted by atomic mass is 32.1. The Hall–Kier alpha value is -2.18. The Morgan fingerprint density at radius 2 is 2.25 bits per heavy atom. The van der Waals surface area contributed by atoms with Crippen LogP contribution in [-0.4, -0.2) is 29.9 Å². The minimum absolute atomic E-state index is 0.0656. The number of carbonyl (C=O) groups excluding carboxylic acids is 1. The molecule has 1 N–H and O–H groups in total. The largest absolute Gasteiger partial charge is 0.463 e. The molecule has 1 saturated heterocycles. The number of hydrogen-bond donors (Lipinski definition) is 1. The molecule has 124 valence electrons. The number of nitrogens with one attached hydrogen (secondary N) is 1. The predicted octanol–water partition coefficient (Wildman–Crippen LogP) is 3.64. The van der Waals surface area contributed by atoms with E-state index in [1.54, 1.807) is 18.4 Å². The van der Waals surface area contributed by atoms with E-state index >= 15 is 0 Å². The minimum atomic E-state index is -0.175. The number of nitrogens with zero attached hydrogens (tertiary/aromatic N) is 1. The topological polar surface area (TPSA) is 45.5 Å². The van der Waals surface area contributed by atoms with Gasteiger partial charge in [-0.05, 0) is 18.6 Å². The van der Waals surface area contributed by atoms with Gasteiger partial charge in [0.2, 0.25) is 0 Å². The first-order valence-corrected chi connectivity index (χ1v) is 8.74. The zero-order valence-corrected chi connectivity index (χ0v) is 13.8. The molecule has 4 nitrogen and oxygen atoms in total. The summed E-state index contributed by atoms with van der Waals surface area (Å²) < 4.78 is 20.0. The molecular weight excluding hydrogens is 327 g/mol. The van der Waals surface area contributed by atoms with Crippen LogP contribution in [0.3, 0.4) is 0 Å². The van der Waals surface area contributed by atoms with Gasteiger partial charge in [0.1, 0.15) is 11.4 Å². The van der Waals surface area contributed by atoms with Crippen molar-refractivity contribution < 1.29 is 13.6 Å². The van der Waals surface area contributed by atoms with E-state index in [1.807, 2.05) is 18.2 Å². The van der Waals surface area contributed by atoms with Crippen LogP contribution < -0.4 is 5.32 Å². The molecule has 0 saturated carbocycles. The summed E-state index contributed by atoms with van der Waals surface area (Å²) in [5, 5.41) is 3.07. The summed E-state index contributed by atoms with van der Waals surface area (Å²) in [4.78, 5) is 15.2. The second kappa shape index (κ2) is 6.37. The van der Waals surface area contributed by atoms with Crippen LogP contribution in [0.1, 0.15) is 21.7 Å². The molecule has 24 heavy (non-hydrogen) atoms. The fourth-order valence-electron chi connectivity index (χ4n) is 3.10. The number of amides is 1. The lowest BCUT2D eigenvalue weighted by Gasteiger charge is -2.17. The molecule has 3 heterocycles. The maximum atomic E-state index is 13.7. The van der Waals surface area contributed by atoms with Crippen LogP contribution >= 0.6 is 11.3 Å². The summed E-state index contributed by atoms with van der Waals surface area (Å²) in [5.74, 6) is -0.240. The highest BCUT2D eigenvalue weighted by molar-refractivity contribution is 7.20. The molecule has 1 aliphatic rings. The van der Waals surface area contributed by atoms with Crippen molar-refractivity contribution >= 4 is 27.5 Å². The van der Waals surface area contributed by atoms with Crippen LogP contribution in [0.5, 0.6) is 0 Å². The third-order valence-electron chi connectivity index (χ3n) is 4.32. The molecule has 1 unspecified atom stereocenters. The Labute approximate surface area is 142 Å². The van der Waals surface area contributed by atoms with Gasteiger partial charge in [0.15, 0.2) is 0 Å². The number of rotatable bonds is 4. The second-order valence-electron chi connectivity index (χ2n) is 6.05. The maximum absolute atomic E-state index is 13.7. The van der Waals surface area contributed by atoms with E-state index in [9.17, 15) is 9.18 Å². The fraction of sp³-hybridized carbons (Fsp3) is 0.278. The summed E-state index contributed by atoms with van der Waals surface area (Å²) in [5.41, 5.74) is 1.45. The molecule has 0 aliphatic carbocycles. The molecule has 4 rings (SSSR count). The van der Waals surface area contributed by atoms with Gasteiger partial charge in [0.25, 0.3) is 5.91 Å². The molecule has 1 amide bonds. The Morgan fingerprint density at radius 3 is 3.08 bits per heavy atom. The van der Waals surface area contributed by atoms with Gasteiger partial charge in [-0.2, -0.15) is 0 Å².